The molecule has 0 unspecified atom stereocenters. The van der Waals surface area contributed by atoms with E-state index in [1.54, 1.807) is 19.2 Å². The van der Waals surface area contributed by atoms with E-state index in [9.17, 15) is 14.0 Å². The molecule has 1 heterocycles. The van der Waals surface area contributed by atoms with Gasteiger partial charge >= 0.3 is 0 Å². The third-order valence-corrected chi connectivity index (χ3v) is 6.06. The molecular weight excluding hydrogens is 407 g/mol. The van der Waals surface area contributed by atoms with Gasteiger partial charge in [0.05, 0.1) is 18.7 Å². The van der Waals surface area contributed by atoms with E-state index in [4.69, 9.17) is 4.74 Å². The average Bonchev–Trinajstić information content (AvgIpc) is 2.73. The van der Waals surface area contributed by atoms with Gasteiger partial charge in [-0.15, -0.1) is 0 Å². The number of methoxy groups -OCH3 is 1. The topological polar surface area (TPSA) is 67.4 Å². The van der Waals surface area contributed by atoms with Gasteiger partial charge < -0.3 is 15.4 Å². The lowest BCUT2D eigenvalue weighted by molar-refractivity contribution is -0.118. The van der Waals surface area contributed by atoms with Gasteiger partial charge in [0.1, 0.15) is 11.6 Å². The summed E-state index contributed by atoms with van der Waals surface area (Å²) in [4.78, 5) is 26.8. The fraction of sp³-hybridized carbons (Fsp3) is 0.308. The molecule has 0 saturated carbocycles. The molecule has 2 N–H and O–H groups in total. The number of carbonyl (C=O) groups is 2. The molecule has 0 aromatic heterocycles. The number of amides is 1. The minimum absolute atomic E-state index is 0.00310. The summed E-state index contributed by atoms with van der Waals surface area (Å²) in [6, 6.07) is 13.4. The summed E-state index contributed by atoms with van der Waals surface area (Å²) in [6.45, 7) is 5.94. The van der Waals surface area contributed by atoms with E-state index in [2.05, 4.69) is 24.5 Å². The van der Waals surface area contributed by atoms with Crippen molar-refractivity contribution in [1.29, 1.82) is 0 Å². The van der Waals surface area contributed by atoms with E-state index in [-0.39, 0.29) is 16.9 Å². The Bertz CT molecular complexity index is 1160. The quantitative estimate of drug-likeness (QED) is 0.705. The first kappa shape index (κ1) is 21.8. The molecule has 1 atom stereocenters. The Morgan fingerprint density at radius 1 is 1.12 bits per heavy atom. The molecule has 6 heteroatoms. The molecule has 0 radical (unpaired) electrons. The molecular formula is C26H27FN2O3. The van der Waals surface area contributed by atoms with Gasteiger partial charge in [0.2, 0.25) is 0 Å². The Balaban J connectivity index is 1.86. The fourth-order valence-corrected chi connectivity index (χ4v) is 4.71. The minimum Gasteiger partial charge on any atom is -0.496 e. The van der Waals surface area contributed by atoms with Crippen LogP contribution in [0, 0.1) is 11.2 Å². The van der Waals surface area contributed by atoms with Crippen LogP contribution in [0.4, 0.5) is 10.1 Å². The molecule has 5 nitrogen and oxygen atoms in total. The molecule has 0 bridgehead atoms. The predicted molar refractivity (Wildman–Crippen MR) is 122 cm³/mol. The van der Waals surface area contributed by atoms with Gasteiger partial charge in [-0.3, -0.25) is 9.59 Å². The van der Waals surface area contributed by atoms with Crippen molar-refractivity contribution in [3.63, 3.8) is 0 Å². The molecule has 2 aromatic rings. The molecule has 0 saturated heterocycles. The van der Waals surface area contributed by atoms with E-state index >= 15 is 0 Å². The van der Waals surface area contributed by atoms with E-state index in [1.807, 2.05) is 31.2 Å². The van der Waals surface area contributed by atoms with Crippen molar-refractivity contribution < 1.29 is 18.7 Å². The van der Waals surface area contributed by atoms with Gasteiger partial charge in [0.25, 0.3) is 5.91 Å². The number of dihydropyridines is 1. The summed E-state index contributed by atoms with van der Waals surface area (Å²) in [7, 11) is 1.57. The Hall–Kier alpha value is -3.41. The number of Topliss-reactive ketones (excluding diaryl/α,β-unsaturated/α-hetero) is 1. The number of carbonyl (C=O) groups excluding carboxylic acids is 2. The highest BCUT2D eigenvalue weighted by atomic mass is 19.1. The van der Waals surface area contributed by atoms with Crippen LogP contribution in [-0.2, 0) is 9.59 Å². The second-order valence-electron chi connectivity index (χ2n) is 9.11. The lowest BCUT2D eigenvalue weighted by Crippen LogP contribution is -2.39. The van der Waals surface area contributed by atoms with E-state index in [1.165, 1.54) is 12.1 Å². The number of hydrogen-bond acceptors (Lipinski definition) is 4. The van der Waals surface area contributed by atoms with Crippen molar-refractivity contribution in [1.82, 2.24) is 5.32 Å². The highest BCUT2D eigenvalue weighted by Gasteiger charge is 2.43. The van der Waals surface area contributed by atoms with Crippen molar-refractivity contribution in [3.8, 4) is 5.75 Å². The van der Waals surface area contributed by atoms with Crippen LogP contribution in [0.5, 0.6) is 5.75 Å². The van der Waals surface area contributed by atoms with Crippen LogP contribution in [0.3, 0.4) is 0 Å². The van der Waals surface area contributed by atoms with Crippen LogP contribution in [0.25, 0.3) is 0 Å². The second kappa shape index (κ2) is 8.26. The lowest BCUT2D eigenvalue weighted by atomic mass is 9.68. The lowest BCUT2D eigenvalue weighted by Gasteiger charge is -2.40. The van der Waals surface area contributed by atoms with Crippen LogP contribution >= 0.6 is 0 Å². The van der Waals surface area contributed by atoms with Crippen LogP contribution < -0.4 is 15.4 Å². The highest BCUT2D eigenvalue weighted by Crippen LogP contribution is 2.48. The Morgan fingerprint density at radius 2 is 1.81 bits per heavy atom. The van der Waals surface area contributed by atoms with Crippen LogP contribution in [0.1, 0.15) is 45.1 Å². The Morgan fingerprint density at radius 3 is 2.53 bits per heavy atom. The third-order valence-electron chi connectivity index (χ3n) is 6.06. The first-order chi connectivity index (χ1) is 15.2. The van der Waals surface area contributed by atoms with Crippen molar-refractivity contribution in [2.45, 2.75) is 39.5 Å². The zero-order valence-corrected chi connectivity index (χ0v) is 18.7. The maximum Gasteiger partial charge on any atom is 0.254 e. The number of anilines is 1. The smallest absolute Gasteiger partial charge is 0.254 e. The standard InChI is InChI=1S/C26H27FN2O3/c1-15-22(25(31)29-18-11-7-6-10-17(18)27)23(16-9-5-8-12-21(16)32-4)24-19(28-15)13-26(2,3)14-20(24)30/h5-12,23,28H,13-14H2,1-4H3,(H,29,31)/t23-/m1/s1. The summed E-state index contributed by atoms with van der Waals surface area (Å²) in [5, 5.41) is 6.00. The molecule has 32 heavy (non-hydrogen) atoms. The number of allylic oxidation sites excluding steroid dienone is 3. The fourth-order valence-electron chi connectivity index (χ4n) is 4.71. The Kier molecular flexibility index (Phi) is 5.63. The van der Waals surface area contributed by atoms with Gasteiger partial charge in [-0.25, -0.2) is 4.39 Å². The largest absolute Gasteiger partial charge is 0.496 e. The number of ketones is 1. The van der Waals surface area contributed by atoms with Crippen molar-refractivity contribution >= 4 is 17.4 Å². The first-order valence-corrected chi connectivity index (χ1v) is 10.6. The van der Waals surface area contributed by atoms with Gasteiger partial charge in [-0.1, -0.05) is 44.2 Å². The van der Waals surface area contributed by atoms with Crippen molar-refractivity contribution in [2.24, 2.45) is 5.41 Å². The van der Waals surface area contributed by atoms with Crippen LogP contribution in [-0.4, -0.2) is 18.8 Å². The second-order valence-corrected chi connectivity index (χ2v) is 9.11. The summed E-state index contributed by atoms with van der Waals surface area (Å²) < 4.78 is 19.8. The summed E-state index contributed by atoms with van der Waals surface area (Å²) in [6.07, 6.45) is 1.08. The maximum atomic E-state index is 14.2. The highest BCUT2D eigenvalue weighted by molar-refractivity contribution is 6.10. The molecule has 0 fully saturated rings. The predicted octanol–water partition coefficient (Wildman–Crippen LogP) is 5.08. The molecule has 166 valence electrons. The van der Waals surface area contributed by atoms with E-state index in [0.717, 1.165) is 11.3 Å². The van der Waals surface area contributed by atoms with Crippen LogP contribution in [0.15, 0.2) is 71.1 Å². The van der Waals surface area contributed by atoms with Crippen molar-refractivity contribution in [3.05, 3.63) is 82.5 Å². The number of rotatable bonds is 4. The molecule has 1 amide bonds. The number of halogens is 1. The molecule has 2 aliphatic rings. The monoisotopic (exact) mass is 434 g/mol. The van der Waals surface area contributed by atoms with Gasteiger partial charge in [-0.05, 0) is 37.0 Å². The zero-order chi connectivity index (χ0) is 23.0. The molecule has 2 aromatic carbocycles. The maximum absolute atomic E-state index is 14.2. The SMILES string of the molecule is COc1ccccc1[C@@H]1C(C(=O)Nc2ccccc2F)=C(C)NC2=C1C(=O)CC(C)(C)C2. The number of hydrogen-bond donors (Lipinski definition) is 2. The summed E-state index contributed by atoms with van der Waals surface area (Å²) in [5.41, 5.74) is 3.08. The molecule has 1 aliphatic heterocycles. The minimum atomic E-state index is -0.613. The molecule has 1 aliphatic carbocycles. The third kappa shape index (κ3) is 3.93. The molecule has 4 rings (SSSR count). The average molecular weight is 435 g/mol. The van der Waals surface area contributed by atoms with Gasteiger partial charge in [0.15, 0.2) is 5.78 Å². The zero-order valence-electron chi connectivity index (χ0n) is 18.7. The van der Waals surface area contributed by atoms with Gasteiger partial charge in [0, 0.05) is 34.5 Å². The number of para-hydroxylation sites is 2. The Labute approximate surface area is 187 Å². The number of benzene rings is 2. The normalized spacial score (nSPS) is 19.9. The number of ether oxygens (including phenoxy) is 1. The first-order valence-electron chi connectivity index (χ1n) is 10.6. The van der Waals surface area contributed by atoms with Gasteiger partial charge in [-0.2, -0.15) is 0 Å². The van der Waals surface area contributed by atoms with Crippen LogP contribution in [0.2, 0.25) is 0 Å². The van der Waals surface area contributed by atoms with Crippen molar-refractivity contribution in [2.75, 3.05) is 12.4 Å². The summed E-state index contributed by atoms with van der Waals surface area (Å²) in [5.74, 6) is -0.999. The summed E-state index contributed by atoms with van der Waals surface area (Å²) >= 11 is 0. The van der Waals surface area contributed by atoms with E-state index < -0.39 is 17.6 Å². The molecule has 0 spiro atoms. The number of nitrogens with one attached hydrogen (secondary N) is 2. The van der Waals surface area contributed by atoms with E-state index in [0.29, 0.717) is 35.4 Å².